The number of nitrogen functional groups attached to an aromatic ring is 1. The average Bonchev–Trinajstić information content (AvgIpc) is 2.78. The lowest BCUT2D eigenvalue weighted by Crippen LogP contribution is -2.11. The SMILES string of the molecule is CC(C)c1nccn1C(C)c1ccc(N)cc1. The van der Waals surface area contributed by atoms with E-state index < -0.39 is 0 Å². The zero-order valence-corrected chi connectivity index (χ0v) is 10.6. The summed E-state index contributed by atoms with van der Waals surface area (Å²) in [5, 5.41) is 0. The molecule has 2 N–H and O–H groups in total. The second kappa shape index (κ2) is 4.62. The molecule has 1 unspecified atom stereocenters. The van der Waals surface area contributed by atoms with Gasteiger partial charge < -0.3 is 10.3 Å². The first kappa shape index (κ1) is 11.7. The van der Waals surface area contributed by atoms with Gasteiger partial charge in [-0.05, 0) is 24.6 Å². The maximum Gasteiger partial charge on any atom is 0.111 e. The molecule has 0 aliphatic rings. The van der Waals surface area contributed by atoms with Gasteiger partial charge in [-0.25, -0.2) is 4.98 Å². The fourth-order valence-electron chi connectivity index (χ4n) is 2.03. The largest absolute Gasteiger partial charge is 0.399 e. The summed E-state index contributed by atoms with van der Waals surface area (Å²) in [6.07, 6.45) is 3.90. The molecule has 0 radical (unpaired) electrons. The van der Waals surface area contributed by atoms with Gasteiger partial charge in [0.2, 0.25) is 0 Å². The van der Waals surface area contributed by atoms with Crippen LogP contribution in [0.3, 0.4) is 0 Å². The Balaban J connectivity index is 2.33. The Morgan fingerprint density at radius 3 is 2.35 bits per heavy atom. The summed E-state index contributed by atoms with van der Waals surface area (Å²) in [6, 6.07) is 8.32. The lowest BCUT2D eigenvalue weighted by molar-refractivity contribution is 0.578. The molecule has 17 heavy (non-hydrogen) atoms. The highest BCUT2D eigenvalue weighted by molar-refractivity contribution is 5.40. The van der Waals surface area contributed by atoms with Crippen LogP contribution >= 0.6 is 0 Å². The van der Waals surface area contributed by atoms with Crippen LogP contribution in [0.1, 0.15) is 44.1 Å². The molecule has 1 aromatic carbocycles. The van der Waals surface area contributed by atoms with E-state index in [0.717, 1.165) is 11.5 Å². The predicted molar refractivity (Wildman–Crippen MR) is 71.0 cm³/mol. The van der Waals surface area contributed by atoms with Crippen molar-refractivity contribution in [3.05, 3.63) is 48.0 Å². The Bertz CT molecular complexity index is 482. The Hall–Kier alpha value is -1.77. The molecule has 0 saturated heterocycles. The van der Waals surface area contributed by atoms with Crippen LogP contribution in [0.15, 0.2) is 36.7 Å². The first-order valence-corrected chi connectivity index (χ1v) is 5.97. The van der Waals surface area contributed by atoms with Crippen molar-refractivity contribution in [2.75, 3.05) is 5.73 Å². The minimum Gasteiger partial charge on any atom is -0.399 e. The number of anilines is 1. The van der Waals surface area contributed by atoms with Gasteiger partial charge in [0.15, 0.2) is 0 Å². The lowest BCUT2D eigenvalue weighted by Gasteiger charge is -2.18. The number of benzene rings is 1. The average molecular weight is 229 g/mol. The van der Waals surface area contributed by atoms with E-state index in [2.05, 4.69) is 42.5 Å². The van der Waals surface area contributed by atoms with Crippen molar-refractivity contribution in [1.82, 2.24) is 9.55 Å². The van der Waals surface area contributed by atoms with Gasteiger partial charge in [0.05, 0.1) is 6.04 Å². The quantitative estimate of drug-likeness (QED) is 0.821. The molecule has 0 fully saturated rings. The van der Waals surface area contributed by atoms with E-state index in [-0.39, 0.29) is 6.04 Å². The summed E-state index contributed by atoms with van der Waals surface area (Å²) in [7, 11) is 0. The highest BCUT2D eigenvalue weighted by Crippen LogP contribution is 2.23. The number of nitrogens with zero attached hydrogens (tertiary/aromatic N) is 2. The summed E-state index contributed by atoms with van der Waals surface area (Å²) in [5.41, 5.74) is 7.76. The number of rotatable bonds is 3. The fraction of sp³-hybridized carbons (Fsp3) is 0.357. The van der Waals surface area contributed by atoms with Crippen LogP contribution < -0.4 is 5.73 Å². The van der Waals surface area contributed by atoms with Crippen LogP contribution in [0.2, 0.25) is 0 Å². The maximum atomic E-state index is 5.70. The second-order valence-corrected chi connectivity index (χ2v) is 4.69. The van der Waals surface area contributed by atoms with Crippen LogP contribution in [0.5, 0.6) is 0 Å². The van der Waals surface area contributed by atoms with E-state index in [1.54, 1.807) is 0 Å². The maximum absolute atomic E-state index is 5.70. The Morgan fingerprint density at radius 2 is 1.76 bits per heavy atom. The van der Waals surface area contributed by atoms with E-state index in [0.29, 0.717) is 5.92 Å². The molecule has 2 rings (SSSR count). The third-order valence-electron chi connectivity index (χ3n) is 3.05. The molecule has 3 nitrogen and oxygen atoms in total. The molecule has 0 spiro atoms. The number of hydrogen-bond donors (Lipinski definition) is 1. The molecule has 2 aromatic rings. The molecule has 0 aliphatic carbocycles. The summed E-state index contributed by atoms with van der Waals surface area (Å²) in [5.74, 6) is 1.55. The first-order chi connectivity index (χ1) is 8.09. The molecule has 1 atom stereocenters. The summed E-state index contributed by atoms with van der Waals surface area (Å²) in [4.78, 5) is 4.42. The molecular formula is C14H19N3. The molecule has 0 amide bonds. The summed E-state index contributed by atoms with van der Waals surface area (Å²) >= 11 is 0. The van der Waals surface area contributed by atoms with Gasteiger partial charge in [-0.1, -0.05) is 26.0 Å². The normalized spacial score (nSPS) is 12.9. The molecular weight excluding hydrogens is 210 g/mol. The van der Waals surface area contributed by atoms with Gasteiger partial charge in [-0.15, -0.1) is 0 Å². The van der Waals surface area contributed by atoms with E-state index in [1.807, 2.05) is 24.5 Å². The monoisotopic (exact) mass is 229 g/mol. The highest BCUT2D eigenvalue weighted by atomic mass is 15.1. The highest BCUT2D eigenvalue weighted by Gasteiger charge is 2.13. The number of aromatic nitrogens is 2. The van der Waals surface area contributed by atoms with Crippen molar-refractivity contribution in [3.8, 4) is 0 Å². The predicted octanol–water partition coefficient (Wildman–Crippen LogP) is 3.20. The topological polar surface area (TPSA) is 43.8 Å². The Kier molecular flexibility index (Phi) is 3.18. The number of nitrogens with two attached hydrogens (primary N) is 1. The van der Waals surface area contributed by atoms with Gasteiger partial charge in [0, 0.05) is 24.0 Å². The molecule has 90 valence electrons. The van der Waals surface area contributed by atoms with Crippen molar-refractivity contribution >= 4 is 5.69 Å². The van der Waals surface area contributed by atoms with Gasteiger partial charge in [0.1, 0.15) is 5.82 Å². The Morgan fingerprint density at radius 1 is 1.12 bits per heavy atom. The van der Waals surface area contributed by atoms with E-state index >= 15 is 0 Å². The van der Waals surface area contributed by atoms with Gasteiger partial charge >= 0.3 is 0 Å². The number of hydrogen-bond acceptors (Lipinski definition) is 2. The first-order valence-electron chi connectivity index (χ1n) is 5.97. The van der Waals surface area contributed by atoms with Crippen molar-refractivity contribution in [1.29, 1.82) is 0 Å². The van der Waals surface area contributed by atoms with Gasteiger partial charge in [-0.3, -0.25) is 0 Å². The van der Waals surface area contributed by atoms with Crippen molar-refractivity contribution in [2.24, 2.45) is 0 Å². The van der Waals surface area contributed by atoms with E-state index in [9.17, 15) is 0 Å². The van der Waals surface area contributed by atoms with Crippen LogP contribution in [-0.4, -0.2) is 9.55 Å². The van der Waals surface area contributed by atoms with Crippen LogP contribution in [0, 0.1) is 0 Å². The van der Waals surface area contributed by atoms with Crippen LogP contribution in [0.4, 0.5) is 5.69 Å². The molecule has 1 heterocycles. The molecule has 0 saturated carbocycles. The summed E-state index contributed by atoms with van der Waals surface area (Å²) < 4.78 is 2.22. The minimum absolute atomic E-state index is 0.287. The molecule has 1 aromatic heterocycles. The van der Waals surface area contributed by atoms with Crippen LogP contribution in [0.25, 0.3) is 0 Å². The smallest absolute Gasteiger partial charge is 0.111 e. The third kappa shape index (κ3) is 2.33. The lowest BCUT2D eigenvalue weighted by atomic mass is 10.1. The minimum atomic E-state index is 0.287. The van der Waals surface area contributed by atoms with Crippen LogP contribution in [-0.2, 0) is 0 Å². The zero-order valence-electron chi connectivity index (χ0n) is 10.6. The molecule has 0 aliphatic heterocycles. The van der Waals surface area contributed by atoms with Gasteiger partial charge in [-0.2, -0.15) is 0 Å². The third-order valence-corrected chi connectivity index (χ3v) is 3.05. The molecule has 3 heteroatoms. The molecule has 0 bridgehead atoms. The van der Waals surface area contributed by atoms with E-state index in [1.165, 1.54) is 5.56 Å². The van der Waals surface area contributed by atoms with Crippen molar-refractivity contribution in [2.45, 2.75) is 32.7 Å². The summed E-state index contributed by atoms with van der Waals surface area (Å²) in [6.45, 7) is 6.50. The van der Waals surface area contributed by atoms with Crippen molar-refractivity contribution in [3.63, 3.8) is 0 Å². The fourth-order valence-corrected chi connectivity index (χ4v) is 2.03. The Labute approximate surface area is 102 Å². The number of imidazole rings is 1. The second-order valence-electron chi connectivity index (χ2n) is 4.69. The van der Waals surface area contributed by atoms with Gasteiger partial charge in [0.25, 0.3) is 0 Å². The zero-order chi connectivity index (χ0) is 12.4. The standard InChI is InChI=1S/C14H19N3/c1-10(2)14-16-8-9-17(14)11(3)12-4-6-13(15)7-5-12/h4-11H,15H2,1-3H3. The van der Waals surface area contributed by atoms with Crippen molar-refractivity contribution < 1.29 is 0 Å². The van der Waals surface area contributed by atoms with E-state index in [4.69, 9.17) is 5.73 Å².